The Bertz CT molecular complexity index is 550. The van der Waals surface area contributed by atoms with Gasteiger partial charge in [0.1, 0.15) is 11.1 Å². The molecule has 0 spiro atoms. The molecule has 112 valence electrons. The minimum atomic E-state index is 0.217. The number of hydrogen-bond donors (Lipinski definition) is 0. The quantitative estimate of drug-likeness (QED) is 0.795. The number of morpholine rings is 2. The van der Waals surface area contributed by atoms with E-state index in [9.17, 15) is 5.26 Å². The van der Waals surface area contributed by atoms with Crippen molar-refractivity contribution >= 4 is 23.4 Å². The van der Waals surface area contributed by atoms with Gasteiger partial charge in [0.25, 0.3) is 0 Å². The van der Waals surface area contributed by atoms with Crippen molar-refractivity contribution in [2.45, 2.75) is 0 Å². The molecule has 3 heterocycles. The van der Waals surface area contributed by atoms with Gasteiger partial charge >= 0.3 is 0 Å². The van der Waals surface area contributed by atoms with Crippen LogP contribution in [0, 0.1) is 11.3 Å². The van der Waals surface area contributed by atoms with Crippen LogP contribution in [0.3, 0.4) is 0 Å². The number of rotatable bonds is 2. The van der Waals surface area contributed by atoms with E-state index in [1.807, 2.05) is 9.80 Å². The van der Waals surface area contributed by atoms with E-state index in [0.29, 0.717) is 56.3 Å². The third-order valence-electron chi connectivity index (χ3n) is 3.53. The van der Waals surface area contributed by atoms with E-state index in [1.165, 1.54) is 0 Å². The first-order valence-electron chi connectivity index (χ1n) is 6.92. The maximum Gasteiger partial charge on any atom is 0.228 e. The second kappa shape index (κ2) is 6.43. The van der Waals surface area contributed by atoms with Crippen molar-refractivity contribution in [3.63, 3.8) is 0 Å². The molecule has 21 heavy (non-hydrogen) atoms. The fourth-order valence-electron chi connectivity index (χ4n) is 2.39. The van der Waals surface area contributed by atoms with Crippen molar-refractivity contribution in [3.8, 4) is 6.07 Å². The fourth-order valence-corrected chi connectivity index (χ4v) is 2.63. The summed E-state index contributed by atoms with van der Waals surface area (Å²) in [6.45, 7) is 5.41. The highest BCUT2D eigenvalue weighted by Gasteiger charge is 2.23. The van der Waals surface area contributed by atoms with Gasteiger partial charge < -0.3 is 19.3 Å². The van der Waals surface area contributed by atoms with Crippen LogP contribution in [0.2, 0.25) is 5.02 Å². The van der Waals surface area contributed by atoms with Crippen LogP contribution < -0.4 is 9.80 Å². The summed E-state index contributed by atoms with van der Waals surface area (Å²) < 4.78 is 10.7. The Kier molecular flexibility index (Phi) is 4.39. The second-order valence-electron chi connectivity index (χ2n) is 4.82. The predicted molar refractivity (Wildman–Crippen MR) is 77.8 cm³/mol. The summed E-state index contributed by atoms with van der Waals surface area (Å²) in [4.78, 5) is 12.9. The molecular formula is C13H16ClN5O2. The van der Waals surface area contributed by atoms with E-state index < -0.39 is 0 Å². The Morgan fingerprint density at radius 1 is 0.952 bits per heavy atom. The predicted octanol–water partition coefficient (Wildman–Crippen LogP) is 0.675. The van der Waals surface area contributed by atoms with Crippen LogP contribution in [-0.2, 0) is 9.47 Å². The number of ether oxygens (including phenoxy) is 2. The van der Waals surface area contributed by atoms with E-state index in [0.717, 1.165) is 13.1 Å². The molecule has 0 radical (unpaired) electrons. The molecular weight excluding hydrogens is 294 g/mol. The maximum absolute atomic E-state index is 9.25. The smallest absolute Gasteiger partial charge is 0.228 e. The average molecular weight is 310 g/mol. The Hall–Kier alpha value is -1.62. The zero-order chi connectivity index (χ0) is 14.7. The van der Waals surface area contributed by atoms with E-state index >= 15 is 0 Å². The molecule has 0 unspecified atom stereocenters. The van der Waals surface area contributed by atoms with Crippen LogP contribution in [0.4, 0.5) is 11.8 Å². The van der Waals surface area contributed by atoms with Crippen molar-refractivity contribution in [2.75, 3.05) is 62.4 Å². The highest BCUT2D eigenvalue weighted by atomic mass is 35.5. The molecule has 3 rings (SSSR count). The lowest BCUT2D eigenvalue weighted by Crippen LogP contribution is -2.39. The van der Waals surface area contributed by atoms with Crippen LogP contribution in [0.5, 0.6) is 0 Å². The lowest BCUT2D eigenvalue weighted by molar-refractivity contribution is 0.121. The number of anilines is 2. The van der Waals surface area contributed by atoms with Crippen LogP contribution in [0.25, 0.3) is 0 Å². The minimum absolute atomic E-state index is 0.217. The third kappa shape index (κ3) is 3.02. The van der Waals surface area contributed by atoms with Crippen LogP contribution >= 0.6 is 11.6 Å². The molecule has 2 aliphatic rings. The van der Waals surface area contributed by atoms with Gasteiger partial charge in [-0.3, -0.25) is 0 Å². The Morgan fingerprint density at radius 2 is 1.52 bits per heavy atom. The van der Waals surface area contributed by atoms with E-state index in [2.05, 4.69) is 16.0 Å². The molecule has 2 saturated heterocycles. The van der Waals surface area contributed by atoms with Gasteiger partial charge in [-0.05, 0) is 0 Å². The average Bonchev–Trinajstić information content (AvgIpc) is 2.56. The molecule has 0 bridgehead atoms. The summed E-state index contributed by atoms with van der Waals surface area (Å²) in [6, 6.07) is 2.06. The molecule has 2 fully saturated rings. The lowest BCUT2D eigenvalue weighted by atomic mass is 10.3. The molecule has 8 heteroatoms. The third-order valence-corrected chi connectivity index (χ3v) is 3.88. The lowest BCUT2D eigenvalue weighted by Gasteiger charge is -2.31. The molecule has 0 amide bonds. The topological polar surface area (TPSA) is 74.5 Å². The minimum Gasteiger partial charge on any atom is -0.378 e. The van der Waals surface area contributed by atoms with Gasteiger partial charge in [-0.25, -0.2) is 4.98 Å². The molecule has 2 aliphatic heterocycles. The van der Waals surface area contributed by atoms with Crippen molar-refractivity contribution < 1.29 is 9.47 Å². The van der Waals surface area contributed by atoms with E-state index in [-0.39, 0.29) is 5.69 Å². The van der Waals surface area contributed by atoms with Crippen LogP contribution in [0.1, 0.15) is 5.69 Å². The zero-order valence-electron chi connectivity index (χ0n) is 11.6. The highest BCUT2D eigenvalue weighted by molar-refractivity contribution is 6.34. The SMILES string of the molecule is N#Cc1nc(N2CCOCC2)nc(N2CCOCC2)c1Cl. The van der Waals surface area contributed by atoms with E-state index in [4.69, 9.17) is 21.1 Å². The Balaban J connectivity index is 1.95. The molecule has 0 atom stereocenters. The largest absolute Gasteiger partial charge is 0.378 e. The van der Waals surface area contributed by atoms with E-state index in [1.54, 1.807) is 0 Å². The number of hydrogen-bond acceptors (Lipinski definition) is 7. The molecule has 0 aromatic carbocycles. The van der Waals surface area contributed by atoms with Gasteiger partial charge in [-0.15, -0.1) is 0 Å². The molecule has 0 N–H and O–H groups in total. The number of nitriles is 1. The van der Waals surface area contributed by atoms with Gasteiger partial charge in [-0.2, -0.15) is 10.2 Å². The maximum atomic E-state index is 9.25. The molecule has 0 aliphatic carbocycles. The summed E-state index contributed by atoms with van der Waals surface area (Å²) in [5.41, 5.74) is 0.217. The summed E-state index contributed by atoms with van der Waals surface area (Å²) >= 11 is 6.28. The second-order valence-corrected chi connectivity index (χ2v) is 5.20. The first kappa shape index (κ1) is 14.3. The first-order chi connectivity index (χ1) is 10.3. The van der Waals surface area contributed by atoms with Gasteiger partial charge in [0.05, 0.1) is 26.4 Å². The molecule has 1 aromatic heterocycles. The normalized spacial score (nSPS) is 19.4. The zero-order valence-corrected chi connectivity index (χ0v) is 12.3. The summed E-state index contributed by atoms with van der Waals surface area (Å²) in [6.07, 6.45) is 0. The van der Waals surface area contributed by atoms with Crippen LogP contribution in [0.15, 0.2) is 0 Å². The Morgan fingerprint density at radius 3 is 2.10 bits per heavy atom. The van der Waals surface area contributed by atoms with Crippen molar-refractivity contribution in [1.82, 2.24) is 9.97 Å². The number of nitrogens with zero attached hydrogens (tertiary/aromatic N) is 5. The first-order valence-corrected chi connectivity index (χ1v) is 7.30. The van der Waals surface area contributed by atoms with Crippen molar-refractivity contribution in [3.05, 3.63) is 10.7 Å². The van der Waals surface area contributed by atoms with Gasteiger partial charge in [0, 0.05) is 26.2 Å². The van der Waals surface area contributed by atoms with Gasteiger partial charge in [0.15, 0.2) is 11.5 Å². The fraction of sp³-hybridized carbons (Fsp3) is 0.615. The van der Waals surface area contributed by atoms with Crippen LogP contribution in [-0.4, -0.2) is 62.6 Å². The Labute approximate surface area is 128 Å². The number of aromatic nitrogens is 2. The molecule has 0 saturated carbocycles. The van der Waals surface area contributed by atoms with Crippen molar-refractivity contribution in [1.29, 1.82) is 5.26 Å². The van der Waals surface area contributed by atoms with Crippen molar-refractivity contribution in [2.24, 2.45) is 0 Å². The summed E-state index contributed by atoms with van der Waals surface area (Å²) in [5.74, 6) is 1.16. The number of halogens is 1. The highest BCUT2D eigenvalue weighted by Crippen LogP contribution is 2.29. The van der Waals surface area contributed by atoms with Gasteiger partial charge in [0.2, 0.25) is 5.95 Å². The molecule has 1 aromatic rings. The monoisotopic (exact) mass is 309 g/mol. The summed E-state index contributed by atoms with van der Waals surface area (Å²) in [7, 11) is 0. The summed E-state index contributed by atoms with van der Waals surface area (Å²) in [5, 5.41) is 9.57. The molecule has 7 nitrogen and oxygen atoms in total. The standard InChI is InChI=1S/C13H16ClN5O2/c14-11-10(9-15)16-13(19-3-7-21-8-4-19)17-12(11)18-1-5-20-6-2-18/h1-8H2. The van der Waals surface area contributed by atoms with Gasteiger partial charge in [-0.1, -0.05) is 11.6 Å².